The standard InChI is InChI=1S/C14H29N/c1-3-12(4-2)14(15)13-10-8-6-5-7-9-11-13/h12-14H,3-11,15H2,1-2H3. The Hall–Kier alpha value is -0.0400. The molecular formula is C14H29N. The first-order valence-corrected chi connectivity index (χ1v) is 7.05. The monoisotopic (exact) mass is 211 g/mol. The molecule has 0 spiro atoms. The van der Waals surface area contributed by atoms with E-state index in [-0.39, 0.29) is 0 Å². The summed E-state index contributed by atoms with van der Waals surface area (Å²) in [5.74, 6) is 1.57. The van der Waals surface area contributed by atoms with Crippen molar-refractivity contribution in [3.63, 3.8) is 0 Å². The van der Waals surface area contributed by atoms with E-state index in [0.29, 0.717) is 6.04 Å². The second-order valence-electron chi connectivity index (χ2n) is 5.26. The van der Waals surface area contributed by atoms with Gasteiger partial charge in [-0.2, -0.15) is 0 Å². The van der Waals surface area contributed by atoms with Crippen LogP contribution in [0.4, 0.5) is 0 Å². The fraction of sp³-hybridized carbons (Fsp3) is 1.00. The van der Waals surface area contributed by atoms with Crippen molar-refractivity contribution in [2.45, 2.75) is 77.7 Å². The smallest absolute Gasteiger partial charge is 0.00954 e. The number of nitrogens with two attached hydrogens (primary N) is 1. The third-order valence-corrected chi connectivity index (χ3v) is 4.29. The highest BCUT2D eigenvalue weighted by Gasteiger charge is 2.24. The lowest BCUT2D eigenvalue weighted by molar-refractivity contribution is 0.248. The summed E-state index contributed by atoms with van der Waals surface area (Å²) >= 11 is 0. The Balaban J connectivity index is 2.43. The van der Waals surface area contributed by atoms with E-state index < -0.39 is 0 Å². The molecule has 1 fully saturated rings. The molecule has 0 radical (unpaired) electrons. The minimum atomic E-state index is 0.470. The maximum Gasteiger partial charge on any atom is 0.00954 e. The van der Waals surface area contributed by atoms with Gasteiger partial charge in [-0.3, -0.25) is 0 Å². The van der Waals surface area contributed by atoms with Crippen molar-refractivity contribution < 1.29 is 0 Å². The van der Waals surface area contributed by atoms with Gasteiger partial charge in [0.15, 0.2) is 0 Å². The number of hydrogen-bond donors (Lipinski definition) is 1. The SMILES string of the molecule is CCC(CC)C(N)C1CCCCCCC1. The van der Waals surface area contributed by atoms with Gasteiger partial charge in [0.1, 0.15) is 0 Å². The third-order valence-electron chi connectivity index (χ3n) is 4.29. The number of rotatable bonds is 4. The van der Waals surface area contributed by atoms with Crippen molar-refractivity contribution in [3.8, 4) is 0 Å². The minimum absolute atomic E-state index is 0.470. The van der Waals surface area contributed by atoms with Gasteiger partial charge in [-0.25, -0.2) is 0 Å². The lowest BCUT2D eigenvalue weighted by Crippen LogP contribution is -2.37. The Labute approximate surface area is 95.8 Å². The molecule has 1 heteroatoms. The van der Waals surface area contributed by atoms with Crippen molar-refractivity contribution in [1.29, 1.82) is 0 Å². The second-order valence-corrected chi connectivity index (χ2v) is 5.26. The highest BCUT2D eigenvalue weighted by Crippen LogP contribution is 2.29. The van der Waals surface area contributed by atoms with Crippen molar-refractivity contribution in [2.75, 3.05) is 0 Å². The first kappa shape index (κ1) is 13.0. The maximum atomic E-state index is 6.43. The zero-order chi connectivity index (χ0) is 11.1. The summed E-state index contributed by atoms with van der Waals surface area (Å²) in [6.07, 6.45) is 12.4. The van der Waals surface area contributed by atoms with Crippen LogP contribution in [-0.2, 0) is 0 Å². The van der Waals surface area contributed by atoms with Gasteiger partial charge in [0, 0.05) is 6.04 Å². The van der Waals surface area contributed by atoms with Crippen LogP contribution in [0.2, 0.25) is 0 Å². The zero-order valence-electron chi connectivity index (χ0n) is 10.7. The normalized spacial score (nSPS) is 22.4. The summed E-state index contributed by atoms with van der Waals surface area (Å²) in [5.41, 5.74) is 6.43. The largest absolute Gasteiger partial charge is 0.327 e. The van der Waals surface area contributed by atoms with E-state index in [2.05, 4.69) is 13.8 Å². The molecule has 90 valence electrons. The van der Waals surface area contributed by atoms with Crippen molar-refractivity contribution in [1.82, 2.24) is 0 Å². The molecule has 0 aromatic carbocycles. The van der Waals surface area contributed by atoms with Crippen molar-refractivity contribution in [2.24, 2.45) is 17.6 Å². The van der Waals surface area contributed by atoms with Crippen LogP contribution in [0.3, 0.4) is 0 Å². The van der Waals surface area contributed by atoms with Crippen LogP contribution in [0.25, 0.3) is 0 Å². The fourth-order valence-corrected chi connectivity index (χ4v) is 3.09. The molecule has 0 saturated heterocycles. The molecule has 0 amide bonds. The summed E-state index contributed by atoms with van der Waals surface area (Å²) in [6, 6.07) is 0.470. The van der Waals surface area contributed by atoms with Crippen LogP contribution < -0.4 is 5.73 Å². The molecule has 1 atom stereocenters. The van der Waals surface area contributed by atoms with Crippen molar-refractivity contribution in [3.05, 3.63) is 0 Å². The Kier molecular flexibility index (Phi) is 6.31. The van der Waals surface area contributed by atoms with Gasteiger partial charge >= 0.3 is 0 Å². The van der Waals surface area contributed by atoms with E-state index in [4.69, 9.17) is 5.73 Å². The molecule has 0 aromatic heterocycles. The van der Waals surface area contributed by atoms with Gasteiger partial charge in [-0.05, 0) is 24.7 Å². The molecular weight excluding hydrogens is 182 g/mol. The van der Waals surface area contributed by atoms with E-state index in [1.807, 2.05) is 0 Å². The molecule has 1 aliphatic rings. The Morgan fingerprint density at radius 1 is 0.933 bits per heavy atom. The van der Waals surface area contributed by atoms with Crippen LogP contribution in [0.5, 0.6) is 0 Å². The third kappa shape index (κ3) is 4.14. The molecule has 0 bridgehead atoms. The van der Waals surface area contributed by atoms with E-state index in [0.717, 1.165) is 11.8 Å². The molecule has 1 rings (SSSR count). The fourth-order valence-electron chi connectivity index (χ4n) is 3.09. The average molecular weight is 211 g/mol. The Bertz CT molecular complexity index is 143. The molecule has 1 nitrogen and oxygen atoms in total. The Morgan fingerprint density at radius 3 is 1.87 bits per heavy atom. The lowest BCUT2D eigenvalue weighted by Gasteiger charge is -2.31. The predicted molar refractivity (Wildman–Crippen MR) is 67.9 cm³/mol. The van der Waals surface area contributed by atoms with Crippen LogP contribution >= 0.6 is 0 Å². The zero-order valence-corrected chi connectivity index (χ0v) is 10.7. The number of hydrogen-bond acceptors (Lipinski definition) is 1. The van der Waals surface area contributed by atoms with Gasteiger partial charge in [0.05, 0.1) is 0 Å². The Morgan fingerprint density at radius 2 is 1.40 bits per heavy atom. The van der Waals surface area contributed by atoms with E-state index >= 15 is 0 Å². The van der Waals surface area contributed by atoms with Gasteiger partial charge in [-0.15, -0.1) is 0 Å². The summed E-state index contributed by atoms with van der Waals surface area (Å²) in [6.45, 7) is 4.58. The minimum Gasteiger partial charge on any atom is -0.327 e. The summed E-state index contributed by atoms with van der Waals surface area (Å²) < 4.78 is 0. The molecule has 0 aliphatic heterocycles. The van der Waals surface area contributed by atoms with Gasteiger partial charge in [0.25, 0.3) is 0 Å². The van der Waals surface area contributed by atoms with Crippen molar-refractivity contribution >= 4 is 0 Å². The molecule has 1 aliphatic carbocycles. The first-order chi connectivity index (χ1) is 7.29. The van der Waals surface area contributed by atoms with E-state index in [9.17, 15) is 0 Å². The predicted octanol–water partition coefficient (Wildman–Crippen LogP) is 4.11. The summed E-state index contributed by atoms with van der Waals surface area (Å²) in [7, 11) is 0. The summed E-state index contributed by atoms with van der Waals surface area (Å²) in [5, 5.41) is 0. The first-order valence-electron chi connectivity index (χ1n) is 7.05. The maximum absolute atomic E-state index is 6.43. The van der Waals surface area contributed by atoms with Crippen LogP contribution in [0, 0.1) is 11.8 Å². The topological polar surface area (TPSA) is 26.0 Å². The molecule has 0 aromatic rings. The van der Waals surface area contributed by atoms with Gasteiger partial charge in [0.2, 0.25) is 0 Å². The van der Waals surface area contributed by atoms with Crippen LogP contribution in [0.1, 0.15) is 71.6 Å². The second kappa shape index (κ2) is 7.27. The molecule has 0 heterocycles. The molecule has 15 heavy (non-hydrogen) atoms. The highest BCUT2D eigenvalue weighted by atomic mass is 14.7. The van der Waals surface area contributed by atoms with Crippen LogP contribution in [-0.4, -0.2) is 6.04 Å². The highest BCUT2D eigenvalue weighted by molar-refractivity contribution is 4.80. The average Bonchev–Trinajstić information content (AvgIpc) is 2.18. The van der Waals surface area contributed by atoms with Gasteiger partial charge < -0.3 is 5.73 Å². The lowest BCUT2D eigenvalue weighted by atomic mass is 9.79. The van der Waals surface area contributed by atoms with E-state index in [1.165, 1.54) is 57.8 Å². The molecule has 2 N–H and O–H groups in total. The summed E-state index contributed by atoms with van der Waals surface area (Å²) in [4.78, 5) is 0. The van der Waals surface area contributed by atoms with Gasteiger partial charge in [-0.1, -0.05) is 58.8 Å². The molecule has 1 saturated carbocycles. The quantitative estimate of drug-likeness (QED) is 0.744. The van der Waals surface area contributed by atoms with Crippen LogP contribution in [0.15, 0.2) is 0 Å². The van der Waals surface area contributed by atoms with E-state index in [1.54, 1.807) is 0 Å². The molecule has 1 unspecified atom stereocenters.